The summed E-state index contributed by atoms with van der Waals surface area (Å²) in [5.74, 6) is 23.7. The summed E-state index contributed by atoms with van der Waals surface area (Å²) >= 11 is 0. The molecule has 0 amide bonds. The zero-order chi connectivity index (χ0) is 86.7. The summed E-state index contributed by atoms with van der Waals surface area (Å²) in [5, 5.41) is 87.5. The molecule has 8 nitrogen and oxygen atoms in total. The van der Waals surface area contributed by atoms with Crippen molar-refractivity contribution in [1.29, 1.82) is 0 Å². The maximum absolute atomic E-state index is 11.0. The molecule has 122 heavy (non-hydrogen) atoms. The topological polar surface area (TPSA) is 162 Å². The molecule has 15 saturated carbocycles. The molecule has 0 unspecified atom stereocenters. The monoisotopic (exact) mass is 1700 g/mol. The number of hydrogen-bond donors (Lipinski definition) is 8. The normalized spacial score (nSPS) is 46.6. The molecule has 0 saturated heterocycles. The van der Waals surface area contributed by atoms with Gasteiger partial charge in [-0.25, -0.2) is 0 Å². The lowest BCUT2D eigenvalue weighted by Gasteiger charge is -2.57. The molecule has 0 bridgehead atoms. The van der Waals surface area contributed by atoms with Crippen molar-refractivity contribution in [1.82, 2.24) is 0 Å². The molecule has 710 valence electrons. The molecule has 0 aliphatic heterocycles. The summed E-state index contributed by atoms with van der Waals surface area (Å²) in [6, 6.07) is 0. The zero-order valence-corrected chi connectivity index (χ0v) is 82.1. The first-order chi connectivity index (χ1) is 56.7. The number of aliphatic hydroxyl groups is 8. The summed E-state index contributed by atoms with van der Waals surface area (Å²) in [6.45, 7) is 46.7. The quantitative estimate of drug-likeness (QED) is 0.0443. The molecule has 16 rings (SSSR count). The van der Waals surface area contributed by atoms with Crippen LogP contribution in [0.1, 0.15) is 455 Å². The number of rotatable bonds is 24. The standard InChI is InChI=1S/3C28H50O2.C28H48O2.2CH4/c4*1-6-28(30)16-14-21-20(17-28)8-9-23-22(21)13-15-27(5)24(10-11-25(23)27)19(4)26(29)12-7-18(2)3;;/h3*18-26,29-30H,6-17H2,1-5H3;8,18-19,21-26,29-30H,6-7,9-17H2,1-5H3;2*1H4/t2*19-,20+,21-,22+,23+,24+,25-,26-,27+,28-;19-,20-,21-,22+,23+,24+,25-,26-,27+,28-;19-,21-,22+,23+,24+,25-,26-,27+,28-;;/m0000../s1. The molecule has 0 aromatic rings. The predicted molar refractivity (Wildman–Crippen MR) is 514 cm³/mol. The average molecular weight is 1700 g/mol. The molecule has 39 atom stereocenters. The highest BCUT2D eigenvalue weighted by Gasteiger charge is 2.64. The molecular weight excluding hydrogens is 1500 g/mol. The second-order valence-corrected chi connectivity index (χ2v) is 51.1. The van der Waals surface area contributed by atoms with Gasteiger partial charge in [-0.05, 0) is 507 Å². The van der Waals surface area contributed by atoms with Crippen molar-refractivity contribution < 1.29 is 40.9 Å². The van der Waals surface area contributed by atoms with Gasteiger partial charge in [0, 0.05) is 0 Å². The Morgan fingerprint density at radius 2 is 0.533 bits per heavy atom. The highest BCUT2D eigenvalue weighted by molar-refractivity contribution is 5.23. The van der Waals surface area contributed by atoms with Crippen LogP contribution in [0.15, 0.2) is 11.6 Å². The van der Waals surface area contributed by atoms with Gasteiger partial charge in [-0.1, -0.05) is 165 Å². The molecule has 0 spiro atoms. The molecule has 8 N–H and O–H groups in total. The minimum atomic E-state index is -0.432. The van der Waals surface area contributed by atoms with Gasteiger partial charge >= 0.3 is 0 Å². The van der Waals surface area contributed by atoms with Gasteiger partial charge in [0.15, 0.2) is 0 Å². The molecular formula is C114H206O8. The van der Waals surface area contributed by atoms with Crippen LogP contribution in [0.2, 0.25) is 0 Å². The van der Waals surface area contributed by atoms with Crippen LogP contribution in [0.25, 0.3) is 0 Å². The Balaban J connectivity index is 0.000000158. The largest absolute Gasteiger partial charge is 0.393 e. The zero-order valence-electron chi connectivity index (χ0n) is 82.1. The van der Waals surface area contributed by atoms with Gasteiger partial charge in [0.1, 0.15) is 0 Å². The lowest BCUT2D eigenvalue weighted by molar-refractivity contribution is -0.112. The van der Waals surface area contributed by atoms with Gasteiger partial charge in [0.05, 0.1) is 46.8 Å². The Hall–Kier alpha value is -0.580. The van der Waals surface area contributed by atoms with Crippen molar-refractivity contribution in [3.63, 3.8) is 0 Å². The Bertz CT molecular complexity index is 2990. The number of fused-ring (bicyclic) bond motifs is 20. The molecule has 16 aliphatic carbocycles. The SMILES string of the molecule is C.C.CC[C@]1(O)CC[C@H]2C(=CC[C@@H]3[C@@H]2CC[C@]2(C)[C@@H]([C@H](C)[C@@H](O)CCC(C)C)CC[C@@H]32)C1.CC[C@]1(O)CC[C@H]2[C@@H](CC[C@@H]3[C@@H]2CC[C@]2(C)[C@@H]([C@H](C)[C@@H](O)CCC(C)C)CC[C@@H]32)C1.CC[C@]1(O)CC[C@H]2[C@H](CC[C@@H]3[C@@H]2CC[C@]2(C)[C@@H]([C@H](C)[C@@H](O)CCC(C)C)CC[C@@H]32)C1.CC[C@]1(O)CC[C@H]2[C@H](CC[C@@H]3[C@@H]2CC[C@]2(C)[C@@H]([C@H](C)[C@@H](O)CCC(C)C)CC[C@@H]32)C1. The van der Waals surface area contributed by atoms with Crippen LogP contribution in [-0.4, -0.2) is 87.7 Å². The molecule has 0 aromatic heterocycles. The smallest absolute Gasteiger partial charge is 0.0682 e. The third kappa shape index (κ3) is 20.8. The van der Waals surface area contributed by atoms with E-state index < -0.39 is 5.60 Å². The van der Waals surface area contributed by atoms with E-state index in [-0.39, 0.29) is 56.1 Å². The minimum Gasteiger partial charge on any atom is -0.393 e. The Morgan fingerprint density at radius 1 is 0.279 bits per heavy atom. The molecule has 15 fully saturated rings. The van der Waals surface area contributed by atoms with E-state index in [4.69, 9.17) is 0 Å². The van der Waals surface area contributed by atoms with Crippen molar-refractivity contribution in [3.05, 3.63) is 11.6 Å². The van der Waals surface area contributed by atoms with E-state index >= 15 is 0 Å². The van der Waals surface area contributed by atoms with E-state index in [1.165, 1.54) is 173 Å². The first-order valence-electron chi connectivity index (χ1n) is 54.0. The summed E-state index contributed by atoms with van der Waals surface area (Å²) in [7, 11) is 0. The summed E-state index contributed by atoms with van der Waals surface area (Å²) in [6.07, 6.45) is 59.1. The van der Waals surface area contributed by atoms with Gasteiger partial charge < -0.3 is 40.9 Å². The number of aliphatic hydroxyl groups excluding tert-OH is 4. The lowest BCUT2D eigenvalue weighted by atomic mass is 9.48. The number of allylic oxidation sites excluding steroid dienone is 1. The van der Waals surface area contributed by atoms with Crippen LogP contribution in [0, 0.1) is 205 Å². The van der Waals surface area contributed by atoms with Crippen molar-refractivity contribution in [2.24, 2.45) is 205 Å². The lowest BCUT2D eigenvalue weighted by Crippen LogP contribution is -2.51. The van der Waals surface area contributed by atoms with Gasteiger partial charge in [-0.3, -0.25) is 0 Å². The second-order valence-electron chi connectivity index (χ2n) is 51.1. The summed E-state index contributed by atoms with van der Waals surface area (Å²) in [4.78, 5) is 0. The van der Waals surface area contributed by atoms with Gasteiger partial charge in [-0.15, -0.1) is 0 Å². The van der Waals surface area contributed by atoms with Crippen molar-refractivity contribution in [3.8, 4) is 0 Å². The van der Waals surface area contributed by atoms with Crippen LogP contribution >= 0.6 is 0 Å². The molecule has 16 aliphatic rings. The van der Waals surface area contributed by atoms with Crippen LogP contribution in [-0.2, 0) is 0 Å². The predicted octanol–water partition coefficient (Wildman–Crippen LogP) is 28.5. The summed E-state index contributed by atoms with van der Waals surface area (Å²) in [5.41, 5.74) is 1.84. The first-order valence-corrected chi connectivity index (χ1v) is 54.0. The third-order valence-corrected chi connectivity index (χ3v) is 44.0. The van der Waals surface area contributed by atoms with Crippen LogP contribution in [0.5, 0.6) is 0 Å². The average Bonchev–Trinajstić information content (AvgIpc) is 1.54. The fraction of sp³-hybridized carbons (Fsp3) is 0.982. The van der Waals surface area contributed by atoms with Gasteiger partial charge in [0.25, 0.3) is 0 Å². The molecule has 0 radical (unpaired) electrons. The molecule has 0 heterocycles. The van der Waals surface area contributed by atoms with Crippen LogP contribution < -0.4 is 0 Å². The van der Waals surface area contributed by atoms with E-state index in [1.54, 1.807) is 5.57 Å². The van der Waals surface area contributed by atoms with E-state index in [9.17, 15) is 40.9 Å². The van der Waals surface area contributed by atoms with E-state index in [1.807, 2.05) is 0 Å². The Kier molecular flexibility index (Phi) is 34.7. The Morgan fingerprint density at radius 3 is 0.803 bits per heavy atom. The van der Waals surface area contributed by atoms with Gasteiger partial charge in [0.2, 0.25) is 0 Å². The number of hydrogen-bond acceptors (Lipinski definition) is 8. The second kappa shape index (κ2) is 41.5. The molecule has 8 heteroatoms. The molecule has 0 aromatic carbocycles. The fourth-order valence-corrected chi connectivity index (χ4v) is 36.3. The minimum absolute atomic E-state index is 0. The highest BCUT2D eigenvalue weighted by Crippen LogP contribution is 2.72. The van der Waals surface area contributed by atoms with Crippen molar-refractivity contribution >= 4 is 0 Å². The maximum Gasteiger partial charge on any atom is 0.0682 e. The van der Waals surface area contributed by atoms with Crippen molar-refractivity contribution in [2.75, 3.05) is 0 Å². The van der Waals surface area contributed by atoms with Crippen LogP contribution in [0.3, 0.4) is 0 Å². The fourth-order valence-electron chi connectivity index (χ4n) is 36.3. The first kappa shape index (κ1) is 102. The van der Waals surface area contributed by atoms with Gasteiger partial charge in [-0.2, -0.15) is 0 Å². The van der Waals surface area contributed by atoms with Crippen LogP contribution in [0.4, 0.5) is 0 Å². The third-order valence-electron chi connectivity index (χ3n) is 44.0. The maximum atomic E-state index is 11.0. The summed E-state index contributed by atoms with van der Waals surface area (Å²) < 4.78 is 0. The van der Waals surface area contributed by atoms with E-state index in [0.717, 1.165) is 241 Å². The highest BCUT2D eigenvalue weighted by atomic mass is 16.3. The van der Waals surface area contributed by atoms with E-state index in [2.05, 4.69) is 145 Å². The van der Waals surface area contributed by atoms with E-state index in [0.29, 0.717) is 92.7 Å². The van der Waals surface area contributed by atoms with Crippen molar-refractivity contribution in [2.45, 2.75) is 502 Å². The Labute approximate surface area is 755 Å².